The molecule has 0 saturated heterocycles. The minimum Gasteiger partial charge on any atom is -0.346 e. The zero-order valence-corrected chi connectivity index (χ0v) is 8.52. The molecule has 0 aliphatic heterocycles. The van der Waals surface area contributed by atoms with Crippen LogP contribution in [0.2, 0.25) is 0 Å². The van der Waals surface area contributed by atoms with Crippen molar-refractivity contribution in [2.45, 2.75) is 20.8 Å². The van der Waals surface area contributed by atoms with Gasteiger partial charge in [-0.15, -0.1) is 0 Å². The highest BCUT2D eigenvalue weighted by Gasteiger charge is 2.19. The van der Waals surface area contributed by atoms with Crippen molar-refractivity contribution in [1.29, 1.82) is 0 Å². The smallest absolute Gasteiger partial charge is 0.136 e. The van der Waals surface area contributed by atoms with Crippen LogP contribution in [0.5, 0.6) is 0 Å². The van der Waals surface area contributed by atoms with Gasteiger partial charge in [0.05, 0.1) is 0 Å². The van der Waals surface area contributed by atoms with Crippen LogP contribution in [0.15, 0.2) is 23.8 Å². The average Bonchev–Trinajstić information content (AvgIpc) is 2.48. The van der Waals surface area contributed by atoms with E-state index in [9.17, 15) is 0 Å². The van der Waals surface area contributed by atoms with Crippen molar-refractivity contribution in [2.75, 3.05) is 0 Å². The molecule has 0 spiro atoms. The summed E-state index contributed by atoms with van der Waals surface area (Å²) in [6.07, 6.45) is 1.86. The maximum atomic E-state index is 4.07. The van der Waals surface area contributed by atoms with E-state index in [-0.39, 0.29) is 5.41 Å². The van der Waals surface area contributed by atoms with E-state index in [0.717, 1.165) is 17.0 Å². The number of allylic oxidation sites excluding steroid dienone is 1. The Morgan fingerprint density at radius 2 is 2.08 bits per heavy atom. The molecule has 1 heterocycles. The Labute approximate surface area is 79.4 Å². The highest BCUT2D eigenvalue weighted by molar-refractivity contribution is 5.75. The first-order valence-corrected chi connectivity index (χ1v) is 4.30. The molecule has 0 unspecified atom stereocenters. The van der Waals surface area contributed by atoms with Gasteiger partial charge in [0.25, 0.3) is 0 Å². The average molecular weight is 176 g/mol. The molecule has 0 saturated carbocycles. The summed E-state index contributed by atoms with van der Waals surface area (Å²) in [4.78, 5) is 6.92. The van der Waals surface area contributed by atoms with Crippen LogP contribution in [0.25, 0.3) is 5.57 Å². The molecule has 0 aliphatic rings. The van der Waals surface area contributed by atoms with Crippen molar-refractivity contribution in [3.63, 3.8) is 0 Å². The Morgan fingerprint density at radius 3 is 2.54 bits per heavy atom. The minimum absolute atomic E-state index is 0.0711. The summed E-state index contributed by atoms with van der Waals surface area (Å²) >= 11 is 0. The molecule has 2 nitrogen and oxygen atoms in total. The van der Waals surface area contributed by atoms with Gasteiger partial charge in [-0.2, -0.15) is 0 Å². The molecule has 2 heteroatoms. The first-order chi connectivity index (χ1) is 5.96. The van der Waals surface area contributed by atoms with Crippen molar-refractivity contribution in [1.82, 2.24) is 4.98 Å². The fourth-order valence-electron chi connectivity index (χ4n) is 1.14. The standard InChI is InChI=1S/C11H16N2/c1-8(11(2,3)4)9-6-7-13-10(9)12-5/h6-7,13H,1,5H2,2-4H3. The van der Waals surface area contributed by atoms with Gasteiger partial charge >= 0.3 is 0 Å². The fourth-order valence-corrected chi connectivity index (χ4v) is 1.14. The molecule has 0 atom stereocenters. The lowest BCUT2D eigenvalue weighted by Crippen LogP contribution is -2.06. The van der Waals surface area contributed by atoms with Gasteiger partial charge in [-0.25, -0.2) is 4.99 Å². The number of aromatic amines is 1. The Kier molecular flexibility index (Phi) is 2.41. The van der Waals surface area contributed by atoms with Crippen LogP contribution in [0, 0.1) is 5.41 Å². The lowest BCUT2D eigenvalue weighted by atomic mass is 9.84. The molecular weight excluding hydrogens is 160 g/mol. The summed E-state index contributed by atoms with van der Waals surface area (Å²) in [5.74, 6) is 0.805. The molecule has 0 fully saturated rings. The van der Waals surface area contributed by atoms with Gasteiger partial charge in [-0.3, -0.25) is 0 Å². The van der Waals surface area contributed by atoms with Gasteiger partial charge in [0.2, 0.25) is 0 Å². The molecule has 0 bridgehead atoms. The molecule has 1 rings (SSSR count). The van der Waals surface area contributed by atoms with Gasteiger partial charge in [-0.1, -0.05) is 27.4 Å². The molecule has 1 aromatic rings. The number of nitrogens with one attached hydrogen (secondary N) is 1. The largest absolute Gasteiger partial charge is 0.346 e. The predicted octanol–water partition coefficient (Wildman–Crippen LogP) is 3.41. The normalized spacial score (nSPS) is 11.3. The molecule has 1 N–H and O–H groups in total. The summed E-state index contributed by atoms with van der Waals surface area (Å²) in [6, 6.07) is 1.98. The fraction of sp³-hybridized carbons (Fsp3) is 0.364. The van der Waals surface area contributed by atoms with E-state index in [1.54, 1.807) is 0 Å². The zero-order valence-electron chi connectivity index (χ0n) is 8.52. The SMILES string of the molecule is C=Nc1[nH]ccc1C(=C)C(C)(C)C. The van der Waals surface area contributed by atoms with E-state index in [2.05, 4.69) is 44.0 Å². The number of aliphatic imine (C=N–C) groups is 1. The molecule has 1 aromatic heterocycles. The summed E-state index contributed by atoms with van der Waals surface area (Å²) < 4.78 is 0. The molecule has 0 amide bonds. The third-order valence-electron chi connectivity index (χ3n) is 2.11. The lowest BCUT2D eigenvalue weighted by molar-refractivity contribution is 0.568. The second-order valence-electron chi connectivity index (χ2n) is 4.13. The molecule has 0 aromatic carbocycles. The summed E-state index contributed by atoms with van der Waals surface area (Å²) in [7, 11) is 0. The number of rotatable bonds is 2. The van der Waals surface area contributed by atoms with E-state index in [1.807, 2.05) is 12.3 Å². The third kappa shape index (κ3) is 1.89. The van der Waals surface area contributed by atoms with Crippen LogP contribution in [-0.4, -0.2) is 11.7 Å². The second-order valence-corrected chi connectivity index (χ2v) is 4.13. The third-order valence-corrected chi connectivity index (χ3v) is 2.11. The van der Waals surface area contributed by atoms with Crippen molar-refractivity contribution >= 4 is 18.1 Å². The van der Waals surface area contributed by atoms with Crippen molar-refractivity contribution < 1.29 is 0 Å². The number of nitrogens with zero attached hydrogens (tertiary/aromatic N) is 1. The topological polar surface area (TPSA) is 28.1 Å². The predicted molar refractivity (Wildman–Crippen MR) is 58.5 cm³/mol. The number of H-pyrrole nitrogens is 1. The van der Waals surface area contributed by atoms with Gasteiger partial charge < -0.3 is 4.98 Å². The van der Waals surface area contributed by atoms with Crippen LogP contribution >= 0.6 is 0 Å². The molecule has 70 valence electrons. The first-order valence-electron chi connectivity index (χ1n) is 4.30. The zero-order chi connectivity index (χ0) is 10.1. The molecule has 13 heavy (non-hydrogen) atoms. The highest BCUT2D eigenvalue weighted by Crippen LogP contribution is 2.36. The monoisotopic (exact) mass is 176 g/mol. The molecular formula is C11H16N2. The Balaban J connectivity index is 3.09. The lowest BCUT2D eigenvalue weighted by Gasteiger charge is -2.21. The second kappa shape index (κ2) is 3.21. The Hall–Kier alpha value is -1.31. The van der Waals surface area contributed by atoms with E-state index >= 15 is 0 Å². The summed E-state index contributed by atoms with van der Waals surface area (Å²) in [5, 5.41) is 0. The Morgan fingerprint density at radius 1 is 1.46 bits per heavy atom. The van der Waals surface area contributed by atoms with Gasteiger partial charge in [-0.05, 0) is 23.8 Å². The van der Waals surface area contributed by atoms with Crippen molar-refractivity contribution in [3.8, 4) is 0 Å². The van der Waals surface area contributed by atoms with Crippen LogP contribution in [0.1, 0.15) is 26.3 Å². The number of aromatic nitrogens is 1. The van der Waals surface area contributed by atoms with Crippen LogP contribution in [-0.2, 0) is 0 Å². The van der Waals surface area contributed by atoms with Crippen molar-refractivity contribution in [2.24, 2.45) is 10.4 Å². The first kappa shape index (κ1) is 9.78. The van der Waals surface area contributed by atoms with E-state index in [0.29, 0.717) is 0 Å². The quantitative estimate of drug-likeness (QED) is 0.669. The molecule has 0 radical (unpaired) electrons. The van der Waals surface area contributed by atoms with Gasteiger partial charge in [0, 0.05) is 11.8 Å². The van der Waals surface area contributed by atoms with Gasteiger partial charge in [0.1, 0.15) is 5.82 Å². The minimum atomic E-state index is 0.0711. The summed E-state index contributed by atoms with van der Waals surface area (Å²) in [5.41, 5.74) is 2.21. The van der Waals surface area contributed by atoms with Crippen LogP contribution in [0.3, 0.4) is 0 Å². The van der Waals surface area contributed by atoms with E-state index in [1.165, 1.54) is 0 Å². The van der Waals surface area contributed by atoms with Crippen LogP contribution < -0.4 is 0 Å². The number of hydrogen-bond donors (Lipinski definition) is 1. The van der Waals surface area contributed by atoms with E-state index < -0.39 is 0 Å². The number of hydrogen-bond acceptors (Lipinski definition) is 1. The maximum Gasteiger partial charge on any atom is 0.136 e. The maximum absolute atomic E-state index is 4.07. The molecule has 0 aliphatic carbocycles. The Bertz CT molecular complexity index is 326. The van der Waals surface area contributed by atoms with Gasteiger partial charge in [0.15, 0.2) is 0 Å². The van der Waals surface area contributed by atoms with Crippen LogP contribution in [0.4, 0.5) is 5.82 Å². The highest BCUT2D eigenvalue weighted by atomic mass is 14.9. The van der Waals surface area contributed by atoms with Crippen molar-refractivity contribution in [3.05, 3.63) is 24.4 Å². The summed E-state index contributed by atoms with van der Waals surface area (Å²) in [6.45, 7) is 14.0. The van der Waals surface area contributed by atoms with E-state index in [4.69, 9.17) is 0 Å².